The van der Waals surface area contributed by atoms with Gasteiger partial charge in [0, 0.05) is 24.4 Å². The summed E-state index contributed by atoms with van der Waals surface area (Å²) in [5, 5.41) is 6.87. The number of nitrogens with one attached hydrogen (secondary N) is 2. The molecule has 1 aliphatic rings. The number of hydrogen-bond acceptors (Lipinski definition) is 4. The molecular weight excluding hydrogens is 446 g/mol. The van der Waals surface area contributed by atoms with Crippen LogP contribution in [0.2, 0.25) is 0 Å². The smallest absolute Gasteiger partial charge is 0.338 e. The number of esters is 1. The predicted octanol–water partition coefficient (Wildman–Crippen LogP) is 5.81. The second-order valence-corrected chi connectivity index (χ2v) is 11.2. The minimum absolute atomic E-state index is 0.00810. The maximum atomic E-state index is 13.0. The third-order valence-corrected chi connectivity index (χ3v) is 6.04. The van der Waals surface area contributed by atoms with E-state index in [2.05, 4.69) is 38.3 Å². The summed E-state index contributed by atoms with van der Waals surface area (Å²) in [6.07, 6.45) is 1.47. The van der Waals surface area contributed by atoms with Crippen LogP contribution in [-0.2, 0) is 14.3 Å². The van der Waals surface area contributed by atoms with Crippen molar-refractivity contribution in [3.8, 4) is 0 Å². The lowest BCUT2D eigenvalue weighted by Crippen LogP contribution is -2.47. The maximum Gasteiger partial charge on any atom is 0.338 e. The Balaban J connectivity index is 2.19. The van der Waals surface area contributed by atoms with Gasteiger partial charge in [0.05, 0.1) is 18.2 Å². The molecule has 1 heterocycles. The number of benzene rings is 1. The third-order valence-electron chi connectivity index (χ3n) is 5.70. The summed E-state index contributed by atoms with van der Waals surface area (Å²) in [7, 11) is 0. The second-order valence-electron chi connectivity index (χ2n) is 10.9. The van der Waals surface area contributed by atoms with Crippen LogP contribution in [0.4, 0.5) is 5.69 Å². The molecule has 0 radical (unpaired) electrons. The fourth-order valence-corrected chi connectivity index (χ4v) is 4.79. The van der Waals surface area contributed by atoms with Crippen molar-refractivity contribution in [3.05, 3.63) is 41.1 Å². The first-order valence-electron chi connectivity index (χ1n) is 12.2. The number of nitrogens with zero attached hydrogens (tertiary/aromatic N) is 1. The van der Waals surface area contributed by atoms with Gasteiger partial charge in [-0.2, -0.15) is 0 Å². The van der Waals surface area contributed by atoms with Gasteiger partial charge in [0.15, 0.2) is 5.11 Å². The van der Waals surface area contributed by atoms with Crippen LogP contribution in [0.25, 0.3) is 0 Å². The van der Waals surface area contributed by atoms with Gasteiger partial charge in [0.1, 0.15) is 0 Å². The monoisotopic (exact) mass is 487 g/mol. The van der Waals surface area contributed by atoms with Gasteiger partial charge >= 0.3 is 5.97 Å². The summed E-state index contributed by atoms with van der Waals surface area (Å²) < 4.78 is 5.58. The number of anilines is 1. The van der Waals surface area contributed by atoms with E-state index in [1.807, 2.05) is 56.9 Å². The summed E-state index contributed by atoms with van der Waals surface area (Å²) in [6, 6.07) is 7.15. The summed E-state index contributed by atoms with van der Waals surface area (Å²) >= 11 is 5.56. The summed E-state index contributed by atoms with van der Waals surface area (Å²) in [5.74, 6) is 0.224. The van der Waals surface area contributed by atoms with E-state index in [0.717, 1.165) is 23.4 Å². The lowest BCUT2D eigenvalue weighted by molar-refractivity contribution is -0.140. The van der Waals surface area contributed by atoms with Gasteiger partial charge in [0.25, 0.3) is 0 Å². The Bertz CT molecular complexity index is 916. The molecule has 0 bridgehead atoms. The van der Waals surface area contributed by atoms with Crippen LogP contribution < -0.4 is 10.6 Å². The fraction of sp³-hybridized carbons (Fsp3) is 0.593. The van der Waals surface area contributed by atoms with Gasteiger partial charge in [-0.15, -0.1) is 0 Å². The number of amides is 1. The van der Waals surface area contributed by atoms with Crippen molar-refractivity contribution < 1.29 is 14.3 Å². The molecule has 0 aliphatic carbocycles. The van der Waals surface area contributed by atoms with Gasteiger partial charge in [-0.25, -0.2) is 4.79 Å². The molecule has 2 unspecified atom stereocenters. The van der Waals surface area contributed by atoms with Crippen molar-refractivity contribution in [2.24, 2.45) is 17.3 Å². The predicted molar refractivity (Wildman–Crippen MR) is 142 cm³/mol. The van der Waals surface area contributed by atoms with Gasteiger partial charge in [0.2, 0.25) is 5.91 Å². The van der Waals surface area contributed by atoms with Crippen molar-refractivity contribution in [3.63, 3.8) is 0 Å². The zero-order chi connectivity index (χ0) is 25.6. The van der Waals surface area contributed by atoms with E-state index in [4.69, 9.17) is 17.0 Å². The number of allylic oxidation sites excluding steroid dienone is 1. The highest BCUT2D eigenvalue weighted by atomic mass is 32.1. The Morgan fingerprint density at radius 1 is 1.18 bits per heavy atom. The summed E-state index contributed by atoms with van der Waals surface area (Å²) in [5.41, 5.74) is 3.17. The molecule has 0 saturated carbocycles. The molecule has 188 valence electrons. The van der Waals surface area contributed by atoms with E-state index < -0.39 is 6.04 Å². The molecule has 2 atom stereocenters. The molecule has 2 rings (SSSR count). The Kier molecular flexibility index (Phi) is 9.68. The molecule has 0 aromatic heterocycles. The standard InChI is InChI=1S/C27H41N3O3S/c1-9-30-19(5)23(25(32)33-16-17(2)3)24(29-26(30)34)20-10-12-21(13-11-20)28-22(31)14-18(4)15-27(6,7)8/h10-13,17-18,24H,9,14-16H2,1-8H3,(H,28,31)(H,29,34). The Morgan fingerprint density at radius 3 is 2.32 bits per heavy atom. The highest BCUT2D eigenvalue weighted by Crippen LogP contribution is 2.32. The van der Waals surface area contributed by atoms with Crippen molar-refractivity contribution in [2.75, 3.05) is 18.5 Å². The SMILES string of the molecule is CCN1C(=S)NC(c2ccc(NC(=O)CC(C)CC(C)(C)C)cc2)C(C(=O)OCC(C)C)=C1C. The zero-order valence-corrected chi connectivity index (χ0v) is 22.8. The number of carbonyl (C=O) groups excluding carboxylic acids is 2. The van der Waals surface area contributed by atoms with E-state index in [-0.39, 0.29) is 23.2 Å². The molecule has 2 N–H and O–H groups in total. The van der Waals surface area contributed by atoms with Gasteiger partial charge in [-0.05, 0) is 67.4 Å². The highest BCUT2D eigenvalue weighted by molar-refractivity contribution is 7.80. The van der Waals surface area contributed by atoms with Crippen LogP contribution in [0.15, 0.2) is 35.5 Å². The lowest BCUT2D eigenvalue weighted by atomic mass is 9.84. The second kappa shape index (κ2) is 11.8. The highest BCUT2D eigenvalue weighted by Gasteiger charge is 2.34. The van der Waals surface area contributed by atoms with Gasteiger partial charge in [-0.3, -0.25) is 4.79 Å². The van der Waals surface area contributed by atoms with E-state index in [9.17, 15) is 9.59 Å². The molecule has 1 aliphatic heterocycles. The molecule has 34 heavy (non-hydrogen) atoms. The van der Waals surface area contributed by atoms with E-state index in [0.29, 0.717) is 36.2 Å². The normalized spacial score (nSPS) is 17.5. The lowest BCUT2D eigenvalue weighted by Gasteiger charge is -2.37. The molecule has 1 aromatic carbocycles. The number of carbonyl (C=O) groups is 2. The maximum absolute atomic E-state index is 13.0. The molecule has 0 fully saturated rings. The van der Waals surface area contributed by atoms with Crippen LogP contribution in [0.3, 0.4) is 0 Å². The minimum atomic E-state index is -0.411. The Hall–Kier alpha value is -2.41. The van der Waals surface area contributed by atoms with Crippen LogP contribution in [0.5, 0.6) is 0 Å². The van der Waals surface area contributed by atoms with Crippen molar-refractivity contribution in [1.82, 2.24) is 10.2 Å². The molecule has 0 saturated heterocycles. The van der Waals surface area contributed by atoms with E-state index in [1.165, 1.54) is 0 Å². The van der Waals surface area contributed by atoms with Crippen LogP contribution >= 0.6 is 12.2 Å². The van der Waals surface area contributed by atoms with Crippen molar-refractivity contribution in [1.29, 1.82) is 0 Å². The molecule has 6 nitrogen and oxygen atoms in total. The molecule has 1 amide bonds. The summed E-state index contributed by atoms with van der Waals surface area (Å²) in [4.78, 5) is 27.4. The Labute approximate surface area is 210 Å². The average Bonchev–Trinajstić information content (AvgIpc) is 2.70. The average molecular weight is 488 g/mol. The quantitative estimate of drug-likeness (QED) is 0.338. The van der Waals surface area contributed by atoms with E-state index in [1.54, 1.807) is 0 Å². The van der Waals surface area contributed by atoms with Crippen molar-refractivity contribution >= 4 is 34.9 Å². The summed E-state index contributed by atoms with van der Waals surface area (Å²) in [6.45, 7) is 17.6. The van der Waals surface area contributed by atoms with Crippen LogP contribution in [0, 0.1) is 17.3 Å². The molecule has 0 spiro atoms. The van der Waals surface area contributed by atoms with Gasteiger partial charge < -0.3 is 20.3 Å². The minimum Gasteiger partial charge on any atom is -0.462 e. The molecule has 7 heteroatoms. The topological polar surface area (TPSA) is 70.7 Å². The van der Waals surface area contributed by atoms with E-state index >= 15 is 0 Å². The largest absolute Gasteiger partial charge is 0.462 e. The number of ether oxygens (including phenoxy) is 1. The number of rotatable bonds is 9. The third kappa shape index (κ3) is 7.83. The molecular formula is C27H41N3O3S. The molecule has 1 aromatic rings. The first kappa shape index (κ1) is 27.8. The van der Waals surface area contributed by atoms with Crippen LogP contribution in [0.1, 0.15) is 79.8 Å². The number of hydrogen-bond donors (Lipinski definition) is 2. The Morgan fingerprint density at radius 2 is 1.79 bits per heavy atom. The first-order chi connectivity index (χ1) is 15.8. The fourth-order valence-electron chi connectivity index (χ4n) is 4.40. The first-order valence-corrected chi connectivity index (χ1v) is 12.6. The van der Waals surface area contributed by atoms with Gasteiger partial charge in [-0.1, -0.05) is 53.7 Å². The van der Waals surface area contributed by atoms with Crippen LogP contribution in [-0.4, -0.2) is 35.0 Å². The van der Waals surface area contributed by atoms with Crippen molar-refractivity contribution in [2.45, 2.75) is 74.3 Å². The zero-order valence-electron chi connectivity index (χ0n) is 22.0. The number of thiocarbonyl (C=S) groups is 1.